The van der Waals surface area contributed by atoms with Gasteiger partial charge in [0.1, 0.15) is 0 Å². The lowest BCUT2D eigenvalue weighted by Gasteiger charge is -2.27. The number of hydrogen-bond acceptors (Lipinski definition) is 3. The molecule has 1 fully saturated rings. The molecule has 0 aromatic heterocycles. The monoisotopic (exact) mass is 255 g/mol. The number of carbonyl (C=O) groups excluding carboxylic acids is 2. The predicted octanol–water partition coefficient (Wildman–Crippen LogP) is 0.263. The van der Waals surface area contributed by atoms with Crippen LogP contribution in [0.5, 0.6) is 0 Å². The first kappa shape index (κ1) is 13.3. The van der Waals surface area contributed by atoms with E-state index in [1.165, 1.54) is 4.90 Å². The van der Waals surface area contributed by atoms with Gasteiger partial charge in [-0.25, -0.2) is 0 Å². The fraction of sp³-hybridized carbons (Fsp3) is 0.273. The normalized spacial score (nSPS) is 14.8. The number of anilines is 1. The van der Waals surface area contributed by atoms with Crippen molar-refractivity contribution in [1.82, 2.24) is 10.2 Å². The molecule has 0 bridgehead atoms. The molecule has 0 aliphatic carbocycles. The summed E-state index contributed by atoms with van der Waals surface area (Å²) in [6, 6.07) is 6.88. The Kier molecular flexibility index (Phi) is 4.34. The Morgan fingerprint density at radius 3 is 2.71 bits per heavy atom. The highest BCUT2D eigenvalue weighted by atomic mass is 35.5. The Bertz CT molecular complexity index is 436. The Labute approximate surface area is 105 Å². The molecular weight excluding hydrogens is 242 g/mol. The van der Waals surface area contributed by atoms with Crippen LogP contribution in [-0.4, -0.2) is 36.3 Å². The van der Waals surface area contributed by atoms with E-state index < -0.39 is 0 Å². The summed E-state index contributed by atoms with van der Waals surface area (Å²) in [5.74, 6) is -0.318. The van der Waals surface area contributed by atoms with Gasteiger partial charge in [0.15, 0.2) is 0 Å². The van der Waals surface area contributed by atoms with Gasteiger partial charge in [-0.3, -0.25) is 9.59 Å². The molecule has 0 radical (unpaired) electrons. The molecule has 1 aliphatic heterocycles. The van der Waals surface area contributed by atoms with E-state index in [2.05, 4.69) is 5.32 Å². The molecule has 2 amide bonds. The molecule has 2 rings (SSSR count). The zero-order valence-electron chi connectivity index (χ0n) is 9.18. The van der Waals surface area contributed by atoms with Gasteiger partial charge >= 0.3 is 0 Å². The summed E-state index contributed by atoms with van der Waals surface area (Å²) in [6.45, 7) is 1.13. The number of nitrogen functional groups attached to an aromatic ring is 1. The average molecular weight is 256 g/mol. The first-order valence-electron chi connectivity index (χ1n) is 5.09. The van der Waals surface area contributed by atoms with E-state index in [1.807, 2.05) is 0 Å². The molecule has 92 valence electrons. The zero-order valence-corrected chi connectivity index (χ0v) is 10.00. The minimum absolute atomic E-state index is 0. The Balaban J connectivity index is 0.00000144. The lowest BCUT2D eigenvalue weighted by Crippen LogP contribution is -2.50. The lowest BCUT2D eigenvalue weighted by atomic mass is 10.1. The van der Waals surface area contributed by atoms with Crippen molar-refractivity contribution < 1.29 is 9.59 Å². The Morgan fingerprint density at radius 2 is 2.06 bits per heavy atom. The van der Waals surface area contributed by atoms with Gasteiger partial charge in [0, 0.05) is 18.8 Å². The third-order valence-corrected chi connectivity index (χ3v) is 2.52. The number of benzene rings is 1. The third kappa shape index (κ3) is 2.88. The smallest absolute Gasteiger partial charge is 0.256 e. The van der Waals surface area contributed by atoms with Crippen LogP contribution in [0.15, 0.2) is 24.3 Å². The maximum Gasteiger partial charge on any atom is 0.256 e. The minimum atomic E-state index is -0.187. The number of nitrogens with two attached hydrogens (primary N) is 1. The second-order valence-corrected chi connectivity index (χ2v) is 3.66. The molecular formula is C11H14ClN3O2. The van der Waals surface area contributed by atoms with Crippen molar-refractivity contribution in [3.8, 4) is 0 Å². The SMILES string of the molecule is Cl.Nc1ccccc1C(=O)N1CCNC(=O)C1. The van der Waals surface area contributed by atoms with E-state index in [9.17, 15) is 9.59 Å². The Morgan fingerprint density at radius 1 is 1.35 bits per heavy atom. The van der Waals surface area contributed by atoms with Gasteiger partial charge in [-0.1, -0.05) is 12.1 Å². The van der Waals surface area contributed by atoms with E-state index in [1.54, 1.807) is 24.3 Å². The summed E-state index contributed by atoms with van der Waals surface area (Å²) in [5, 5.41) is 2.67. The maximum absolute atomic E-state index is 12.0. The van der Waals surface area contributed by atoms with Crippen LogP contribution >= 0.6 is 12.4 Å². The maximum atomic E-state index is 12.0. The van der Waals surface area contributed by atoms with Crippen molar-refractivity contribution in [3.05, 3.63) is 29.8 Å². The molecule has 6 heteroatoms. The number of hydrogen-bond donors (Lipinski definition) is 2. The first-order valence-corrected chi connectivity index (χ1v) is 5.09. The lowest BCUT2D eigenvalue weighted by molar-refractivity contribution is -0.123. The quantitative estimate of drug-likeness (QED) is 0.707. The molecule has 3 N–H and O–H groups in total. The molecule has 1 heterocycles. The van der Waals surface area contributed by atoms with Gasteiger partial charge in [0.2, 0.25) is 5.91 Å². The van der Waals surface area contributed by atoms with Gasteiger partial charge in [0.25, 0.3) is 5.91 Å². The van der Waals surface area contributed by atoms with Crippen LogP contribution < -0.4 is 11.1 Å². The van der Waals surface area contributed by atoms with Crippen molar-refractivity contribution in [2.45, 2.75) is 0 Å². The summed E-state index contributed by atoms with van der Waals surface area (Å²) in [6.07, 6.45) is 0. The number of rotatable bonds is 1. The summed E-state index contributed by atoms with van der Waals surface area (Å²) in [5.41, 5.74) is 6.61. The number of para-hydroxylation sites is 1. The van der Waals surface area contributed by atoms with Crippen LogP contribution in [0.25, 0.3) is 0 Å². The van der Waals surface area contributed by atoms with Gasteiger partial charge < -0.3 is 16.0 Å². The predicted molar refractivity (Wildman–Crippen MR) is 67.0 cm³/mol. The van der Waals surface area contributed by atoms with Crippen molar-refractivity contribution >= 4 is 29.9 Å². The van der Waals surface area contributed by atoms with Crippen LogP contribution in [0.1, 0.15) is 10.4 Å². The van der Waals surface area contributed by atoms with Crippen LogP contribution in [0.4, 0.5) is 5.69 Å². The van der Waals surface area contributed by atoms with E-state index in [0.717, 1.165) is 0 Å². The highest BCUT2D eigenvalue weighted by Crippen LogP contribution is 2.13. The van der Waals surface area contributed by atoms with Crippen molar-refractivity contribution in [1.29, 1.82) is 0 Å². The molecule has 1 aromatic rings. The minimum Gasteiger partial charge on any atom is -0.398 e. The molecule has 0 atom stereocenters. The van der Waals surface area contributed by atoms with Gasteiger partial charge in [-0.15, -0.1) is 12.4 Å². The molecule has 1 saturated heterocycles. The van der Waals surface area contributed by atoms with Gasteiger partial charge in [-0.2, -0.15) is 0 Å². The fourth-order valence-electron chi connectivity index (χ4n) is 1.67. The third-order valence-electron chi connectivity index (χ3n) is 2.52. The highest BCUT2D eigenvalue weighted by Gasteiger charge is 2.23. The van der Waals surface area contributed by atoms with Crippen LogP contribution in [0, 0.1) is 0 Å². The molecule has 1 aliphatic rings. The van der Waals surface area contributed by atoms with Crippen molar-refractivity contribution in [2.75, 3.05) is 25.4 Å². The van der Waals surface area contributed by atoms with Crippen molar-refractivity contribution in [3.63, 3.8) is 0 Å². The molecule has 0 unspecified atom stereocenters. The second-order valence-electron chi connectivity index (χ2n) is 3.66. The largest absolute Gasteiger partial charge is 0.398 e. The number of carbonyl (C=O) groups is 2. The summed E-state index contributed by atoms with van der Waals surface area (Å²) >= 11 is 0. The molecule has 0 saturated carbocycles. The summed E-state index contributed by atoms with van der Waals surface area (Å²) in [4.78, 5) is 24.7. The van der Waals surface area contributed by atoms with E-state index in [4.69, 9.17) is 5.73 Å². The van der Waals surface area contributed by atoms with Gasteiger partial charge in [-0.05, 0) is 12.1 Å². The number of halogens is 1. The topological polar surface area (TPSA) is 75.4 Å². The average Bonchev–Trinajstić information content (AvgIpc) is 2.29. The van der Waals surface area contributed by atoms with Crippen LogP contribution in [0.3, 0.4) is 0 Å². The summed E-state index contributed by atoms with van der Waals surface area (Å²) < 4.78 is 0. The van der Waals surface area contributed by atoms with E-state index >= 15 is 0 Å². The zero-order chi connectivity index (χ0) is 11.5. The van der Waals surface area contributed by atoms with Crippen LogP contribution in [-0.2, 0) is 4.79 Å². The molecule has 17 heavy (non-hydrogen) atoms. The van der Waals surface area contributed by atoms with E-state index in [0.29, 0.717) is 24.3 Å². The second kappa shape index (κ2) is 5.54. The van der Waals surface area contributed by atoms with E-state index in [-0.39, 0.29) is 30.8 Å². The number of nitrogens with zero attached hydrogens (tertiary/aromatic N) is 1. The number of amides is 2. The Hall–Kier alpha value is -1.75. The number of piperazine rings is 1. The van der Waals surface area contributed by atoms with Gasteiger partial charge in [0.05, 0.1) is 12.1 Å². The summed E-state index contributed by atoms with van der Waals surface area (Å²) in [7, 11) is 0. The first-order chi connectivity index (χ1) is 7.68. The number of nitrogens with one attached hydrogen (secondary N) is 1. The molecule has 5 nitrogen and oxygen atoms in total. The molecule has 0 spiro atoms. The molecule has 1 aromatic carbocycles. The highest BCUT2D eigenvalue weighted by molar-refractivity contribution is 6.01. The standard InChI is InChI=1S/C11H13N3O2.ClH/c12-9-4-2-1-3-8(9)11(16)14-6-5-13-10(15)7-14;/h1-4H,5-7,12H2,(H,13,15);1H. The van der Waals surface area contributed by atoms with Crippen molar-refractivity contribution in [2.24, 2.45) is 0 Å². The fourth-order valence-corrected chi connectivity index (χ4v) is 1.67. The van der Waals surface area contributed by atoms with Crippen LogP contribution in [0.2, 0.25) is 0 Å².